The number of rotatable bonds is 2. The molecule has 4 heteroatoms. The van der Waals surface area contributed by atoms with E-state index in [4.69, 9.17) is 0 Å². The van der Waals surface area contributed by atoms with Gasteiger partial charge in [-0.1, -0.05) is 22.9 Å². The molecule has 1 heterocycles. The lowest BCUT2D eigenvalue weighted by Gasteiger charge is -2.22. The number of hydrogen-bond donors (Lipinski definition) is 1. The number of fused-ring (bicyclic) bond motifs is 1. The van der Waals surface area contributed by atoms with Gasteiger partial charge in [0.2, 0.25) is 5.91 Å². The summed E-state index contributed by atoms with van der Waals surface area (Å²) in [5.41, 5.74) is 2.56. The van der Waals surface area contributed by atoms with E-state index < -0.39 is 0 Å². The second kappa shape index (κ2) is 4.37. The van der Waals surface area contributed by atoms with Crippen molar-refractivity contribution >= 4 is 33.3 Å². The van der Waals surface area contributed by atoms with Gasteiger partial charge >= 0.3 is 0 Å². The molecule has 0 aromatic heterocycles. The number of ketones is 1. The Kier molecular flexibility index (Phi) is 3.10. The second-order valence-corrected chi connectivity index (χ2v) is 4.58. The van der Waals surface area contributed by atoms with Gasteiger partial charge in [0.15, 0.2) is 5.78 Å². The third kappa shape index (κ3) is 2.02. The van der Waals surface area contributed by atoms with Crippen molar-refractivity contribution < 1.29 is 9.59 Å². The number of hydrogen-bond acceptors (Lipinski definition) is 2. The molecule has 0 spiro atoms. The van der Waals surface area contributed by atoms with E-state index in [1.54, 1.807) is 12.1 Å². The maximum absolute atomic E-state index is 11.5. The van der Waals surface area contributed by atoms with Gasteiger partial charge in [0.05, 0.1) is 5.33 Å². The third-order valence-electron chi connectivity index (χ3n) is 2.78. The maximum Gasteiger partial charge on any atom is 0.227 e. The topological polar surface area (TPSA) is 46.2 Å². The van der Waals surface area contributed by atoms with Gasteiger partial charge in [-0.2, -0.15) is 0 Å². The monoisotopic (exact) mass is 281 g/mol. The van der Waals surface area contributed by atoms with Gasteiger partial charge in [-0.15, -0.1) is 0 Å². The Hall–Kier alpha value is -1.16. The van der Waals surface area contributed by atoms with Crippen molar-refractivity contribution in [2.24, 2.45) is 5.92 Å². The fourth-order valence-corrected chi connectivity index (χ4v) is 2.14. The smallest absolute Gasteiger partial charge is 0.227 e. The summed E-state index contributed by atoms with van der Waals surface area (Å²) in [5.74, 6) is 0.0845. The first-order valence-electron chi connectivity index (χ1n) is 5.14. The molecule has 0 bridgehead atoms. The van der Waals surface area contributed by atoms with Crippen LogP contribution < -0.4 is 5.32 Å². The van der Waals surface area contributed by atoms with E-state index in [0.717, 1.165) is 11.3 Å². The lowest BCUT2D eigenvalue weighted by molar-refractivity contribution is -0.119. The Balaban J connectivity index is 2.36. The van der Waals surface area contributed by atoms with Crippen LogP contribution in [0.15, 0.2) is 18.2 Å². The molecule has 0 saturated carbocycles. The third-order valence-corrected chi connectivity index (χ3v) is 3.29. The van der Waals surface area contributed by atoms with Crippen molar-refractivity contribution in [3.05, 3.63) is 29.3 Å². The number of benzene rings is 1. The lowest BCUT2D eigenvalue weighted by atomic mass is 9.93. The summed E-state index contributed by atoms with van der Waals surface area (Å²) < 4.78 is 0. The largest absolute Gasteiger partial charge is 0.326 e. The van der Waals surface area contributed by atoms with Gasteiger partial charge in [0, 0.05) is 17.2 Å². The van der Waals surface area contributed by atoms with E-state index in [1.807, 2.05) is 13.0 Å². The summed E-state index contributed by atoms with van der Waals surface area (Å²) in [4.78, 5) is 23.0. The van der Waals surface area contributed by atoms with Crippen molar-refractivity contribution in [3.63, 3.8) is 0 Å². The molecule has 84 valence electrons. The first kappa shape index (κ1) is 11.3. The van der Waals surface area contributed by atoms with Crippen molar-refractivity contribution in [3.8, 4) is 0 Å². The van der Waals surface area contributed by atoms with Crippen molar-refractivity contribution in [1.29, 1.82) is 0 Å². The van der Waals surface area contributed by atoms with Crippen LogP contribution in [0, 0.1) is 5.92 Å². The van der Waals surface area contributed by atoms with Gasteiger partial charge in [-0.25, -0.2) is 0 Å². The highest BCUT2D eigenvalue weighted by atomic mass is 79.9. The fraction of sp³-hybridized carbons (Fsp3) is 0.333. The molecule has 0 aliphatic carbocycles. The zero-order chi connectivity index (χ0) is 11.7. The van der Waals surface area contributed by atoms with Crippen LogP contribution in [0.25, 0.3) is 0 Å². The SMILES string of the molecule is CC1Cc2cc(C(=O)CBr)ccc2NC1=O. The van der Waals surface area contributed by atoms with Crippen LogP contribution in [0.2, 0.25) is 0 Å². The molecule has 1 amide bonds. The van der Waals surface area contributed by atoms with E-state index in [-0.39, 0.29) is 17.6 Å². The van der Waals surface area contributed by atoms with Gasteiger partial charge in [0.1, 0.15) is 0 Å². The molecular formula is C12H12BrNO2. The molecule has 1 atom stereocenters. The summed E-state index contributed by atoms with van der Waals surface area (Å²) in [6.07, 6.45) is 0.699. The first-order chi connectivity index (χ1) is 7.61. The number of anilines is 1. The summed E-state index contributed by atoms with van der Waals surface area (Å²) in [7, 11) is 0. The Bertz CT molecular complexity index is 456. The van der Waals surface area contributed by atoms with Crippen molar-refractivity contribution in [1.82, 2.24) is 0 Å². The molecule has 3 nitrogen and oxygen atoms in total. The Morgan fingerprint density at radius 1 is 1.56 bits per heavy atom. The minimum absolute atomic E-state index is 0.0261. The minimum atomic E-state index is -0.0261. The zero-order valence-corrected chi connectivity index (χ0v) is 10.5. The van der Waals surface area contributed by atoms with Crippen LogP contribution in [0.5, 0.6) is 0 Å². The molecule has 1 aromatic rings. The predicted molar refractivity (Wildman–Crippen MR) is 66.1 cm³/mol. The van der Waals surface area contributed by atoms with Gasteiger partial charge < -0.3 is 5.32 Å². The molecule has 0 saturated heterocycles. The van der Waals surface area contributed by atoms with E-state index in [0.29, 0.717) is 17.3 Å². The van der Waals surface area contributed by atoms with Gasteiger partial charge in [-0.05, 0) is 30.2 Å². The number of alkyl halides is 1. The Labute approximate surface area is 102 Å². The highest BCUT2D eigenvalue weighted by molar-refractivity contribution is 9.09. The molecule has 1 N–H and O–H groups in total. The quantitative estimate of drug-likeness (QED) is 0.668. The highest BCUT2D eigenvalue weighted by Gasteiger charge is 2.22. The molecule has 0 fully saturated rings. The second-order valence-electron chi connectivity index (χ2n) is 4.02. The molecule has 0 radical (unpaired) electrons. The van der Waals surface area contributed by atoms with Gasteiger partial charge in [-0.3, -0.25) is 9.59 Å². The average molecular weight is 282 g/mol. The van der Waals surface area contributed by atoms with E-state index in [1.165, 1.54) is 0 Å². The van der Waals surface area contributed by atoms with Gasteiger partial charge in [0.25, 0.3) is 0 Å². The van der Waals surface area contributed by atoms with Crippen LogP contribution in [0.4, 0.5) is 5.69 Å². The summed E-state index contributed by atoms with van der Waals surface area (Å²) in [5, 5.41) is 3.16. The van der Waals surface area contributed by atoms with E-state index in [2.05, 4.69) is 21.2 Å². The predicted octanol–water partition coefficient (Wildman–Crippen LogP) is 2.39. The number of carbonyl (C=O) groups excluding carboxylic acids is 2. The average Bonchev–Trinajstić information content (AvgIpc) is 2.29. The molecule has 1 aliphatic rings. The first-order valence-corrected chi connectivity index (χ1v) is 6.27. The van der Waals surface area contributed by atoms with Crippen LogP contribution in [-0.2, 0) is 11.2 Å². The van der Waals surface area contributed by atoms with E-state index >= 15 is 0 Å². The normalized spacial score (nSPS) is 18.9. The fourth-order valence-electron chi connectivity index (χ4n) is 1.81. The number of Topliss-reactive ketones (excluding diaryl/α,β-unsaturated/α-hetero) is 1. The van der Waals surface area contributed by atoms with Crippen LogP contribution >= 0.6 is 15.9 Å². The summed E-state index contributed by atoms with van der Waals surface area (Å²) in [6, 6.07) is 5.42. The molecule has 1 aromatic carbocycles. The van der Waals surface area contributed by atoms with E-state index in [9.17, 15) is 9.59 Å². The summed E-state index contributed by atoms with van der Waals surface area (Å²) >= 11 is 3.15. The zero-order valence-electron chi connectivity index (χ0n) is 8.92. The standard InChI is InChI=1S/C12H12BrNO2/c1-7-4-9-5-8(11(15)6-13)2-3-10(9)14-12(7)16/h2-3,5,7H,4,6H2,1H3,(H,14,16). The van der Waals surface area contributed by atoms with Crippen LogP contribution in [0.3, 0.4) is 0 Å². The number of halogens is 1. The number of amides is 1. The van der Waals surface area contributed by atoms with Crippen LogP contribution in [0.1, 0.15) is 22.8 Å². The maximum atomic E-state index is 11.5. The Morgan fingerprint density at radius 3 is 3.00 bits per heavy atom. The van der Waals surface area contributed by atoms with Crippen molar-refractivity contribution in [2.45, 2.75) is 13.3 Å². The summed E-state index contributed by atoms with van der Waals surface area (Å²) in [6.45, 7) is 1.89. The number of nitrogens with one attached hydrogen (secondary N) is 1. The molecule has 1 aliphatic heterocycles. The highest BCUT2D eigenvalue weighted by Crippen LogP contribution is 2.26. The minimum Gasteiger partial charge on any atom is -0.326 e. The van der Waals surface area contributed by atoms with Crippen molar-refractivity contribution in [2.75, 3.05) is 10.6 Å². The molecule has 2 rings (SSSR count). The molecule has 16 heavy (non-hydrogen) atoms. The number of carbonyl (C=O) groups is 2. The Morgan fingerprint density at radius 2 is 2.31 bits per heavy atom. The molecular weight excluding hydrogens is 270 g/mol. The lowest BCUT2D eigenvalue weighted by Crippen LogP contribution is -2.27. The van der Waals surface area contributed by atoms with Crippen LogP contribution in [-0.4, -0.2) is 17.0 Å². The molecule has 1 unspecified atom stereocenters.